The van der Waals surface area contributed by atoms with Crippen LogP contribution in [0.5, 0.6) is 5.75 Å². The molecule has 1 N–H and O–H groups in total. The second-order valence-corrected chi connectivity index (χ2v) is 8.26. The third-order valence-electron chi connectivity index (χ3n) is 4.10. The van der Waals surface area contributed by atoms with Crippen molar-refractivity contribution in [3.05, 3.63) is 68.2 Å². The van der Waals surface area contributed by atoms with Gasteiger partial charge in [-0.3, -0.25) is 0 Å². The highest BCUT2D eigenvalue weighted by atomic mass is 79.9. The standard InChI is InChI=1S/C22H20Br2N2O5/c1-14-26-19(21(27)31-14)12-16-10-17(23)20(18(24)11-16)29-9-5-8-25-22(28)30-13-15-6-3-2-4-7-15/h2-4,6-7,10-12H,5,8-9,13H2,1H3,(H,25,28)/b19-12+. The SMILES string of the molecule is CC1=N/C(=C/c2cc(Br)c(OCCCNC(=O)OCc3ccccc3)c(Br)c2)C(=O)O1. The number of hydrogen-bond acceptors (Lipinski definition) is 6. The van der Waals surface area contributed by atoms with Gasteiger partial charge in [0.15, 0.2) is 11.6 Å². The van der Waals surface area contributed by atoms with Crippen molar-refractivity contribution >= 4 is 55.9 Å². The Labute approximate surface area is 196 Å². The normalized spacial score (nSPS) is 14.2. The Morgan fingerprint density at radius 1 is 1.19 bits per heavy atom. The van der Waals surface area contributed by atoms with Crippen LogP contribution in [0, 0.1) is 0 Å². The maximum Gasteiger partial charge on any atom is 0.407 e. The third-order valence-corrected chi connectivity index (χ3v) is 5.28. The van der Waals surface area contributed by atoms with Gasteiger partial charge in [0.1, 0.15) is 12.4 Å². The summed E-state index contributed by atoms with van der Waals surface area (Å²) in [6.07, 6.45) is 1.78. The number of halogens is 2. The van der Waals surface area contributed by atoms with Gasteiger partial charge in [0.2, 0.25) is 0 Å². The fourth-order valence-electron chi connectivity index (χ4n) is 2.69. The molecule has 9 heteroatoms. The number of nitrogens with zero attached hydrogens (tertiary/aromatic N) is 1. The van der Waals surface area contributed by atoms with E-state index in [2.05, 4.69) is 42.2 Å². The van der Waals surface area contributed by atoms with Crippen LogP contribution in [-0.2, 0) is 20.9 Å². The summed E-state index contributed by atoms with van der Waals surface area (Å²) in [4.78, 5) is 27.5. The summed E-state index contributed by atoms with van der Waals surface area (Å²) in [6.45, 7) is 2.67. The number of aliphatic imine (C=N–C) groups is 1. The average Bonchev–Trinajstić information content (AvgIpc) is 3.05. The van der Waals surface area contributed by atoms with Gasteiger partial charge in [-0.1, -0.05) is 30.3 Å². The van der Waals surface area contributed by atoms with Crippen LogP contribution in [0.15, 0.2) is 62.1 Å². The predicted molar refractivity (Wildman–Crippen MR) is 124 cm³/mol. The van der Waals surface area contributed by atoms with Crippen LogP contribution in [0.25, 0.3) is 6.08 Å². The highest BCUT2D eigenvalue weighted by molar-refractivity contribution is 9.11. The largest absolute Gasteiger partial charge is 0.491 e. The number of cyclic esters (lactones) is 1. The van der Waals surface area contributed by atoms with E-state index in [-0.39, 0.29) is 12.3 Å². The zero-order chi connectivity index (χ0) is 22.2. The molecule has 1 aliphatic heterocycles. The molecule has 0 unspecified atom stereocenters. The highest BCUT2D eigenvalue weighted by Gasteiger charge is 2.20. The van der Waals surface area contributed by atoms with Crippen LogP contribution >= 0.6 is 31.9 Å². The summed E-state index contributed by atoms with van der Waals surface area (Å²) in [5, 5.41) is 2.70. The average molecular weight is 552 g/mol. The number of carbonyl (C=O) groups is 2. The van der Waals surface area contributed by atoms with Gasteiger partial charge in [0, 0.05) is 13.5 Å². The molecule has 2 aromatic carbocycles. The van der Waals surface area contributed by atoms with Gasteiger partial charge in [0.05, 0.1) is 15.6 Å². The second kappa shape index (κ2) is 11.1. The Morgan fingerprint density at radius 3 is 2.55 bits per heavy atom. The van der Waals surface area contributed by atoms with Crippen LogP contribution in [-0.4, -0.2) is 31.1 Å². The van der Waals surface area contributed by atoms with E-state index in [0.29, 0.717) is 31.2 Å². The first-order valence-corrected chi connectivity index (χ1v) is 11.1. The maximum atomic E-state index is 11.7. The van der Waals surface area contributed by atoms with E-state index in [9.17, 15) is 9.59 Å². The first-order valence-electron chi connectivity index (χ1n) is 9.48. The molecule has 1 aliphatic rings. The molecule has 0 atom stereocenters. The van der Waals surface area contributed by atoms with E-state index in [4.69, 9.17) is 14.2 Å². The molecule has 0 aromatic heterocycles. The number of carbonyl (C=O) groups excluding carboxylic acids is 2. The topological polar surface area (TPSA) is 86.2 Å². The first kappa shape index (κ1) is 23.0. The molecule has 31 heavy (non-hydrogen) atoms. The van der Waals surface area contributed by atoms with Crippen molar-refractivity contribution in [3.63, 3.8) is 0 Å². The summed E-state index contributed by atoms with van der Waals surface area (Å²) in [5.41, 5.74) is 1.94. The fraction of sp³-hybridized carbons (Fsp3) is 0.227. The van der Waals surface area contributed by atoms with E-state index in [0.717, 1.165) is 20.1 Å². The lowest BCUT2D eigenvalue weighted by atomic mass is 10.2. The quantitative estimate of drug-likeness (QED) is 0.276. The molecule has 3 rings (SSSR count). The zero-order valence-electron chi connectivity index (χ0n) is 16.7. The lowest BCUT2D eigenvalue weighted by molar-refractivity contribution is -0.130. The maximum absolute atomic E-state index is 11.7. The number of rotatable bonds is 8. The van der Waals surface area contributed by atoms with Gasteiger partial charge >= 0.3 is 12.1 Å². The minimum absolute atomic E-state index is 0.230. The molecule has 0 bridgehead atoms. The van der Waals surface area contributed by atoms with Gasteiger partial charge in [-0.2, -0.15) is 0 Å². The summed E-state index contributed by atoms with van der Waals surface area (Å²) in [5.74, 6) is 0.481. The molecule has 2 aromatic rings. The Morgan fingerprint density at radius 2 is 1.90 bits per heavy atom. The minimum atomic E-state index is -0.472. The third kappa shape index (κ3) is 6.93. The molecule has 162 valence electrons. The second-order valence-electron chi connectivity index (χ2n) is 6.55. The Balaban J connectivity index is 1.44. The molecule has 0 aliphatic carbocycles. The molecule has 7 nitrogen and oxygen atoms in total. The van der Waals surface area contributed by atoms with E-state index in [1.807, 2.05) is 42.5 Å². The number of alkyl carbamates (subject to hydrolysis) is 1. The van der Waals surface area contributed by atoms with Crippen LogP contribution in [0.1, 0.15) is 24.5 Å². The number of esters is 1. The van der Waals surface area contributed by atoms with Crippen LogP contribution < -0.4 is 10.1 Å². The lowest BCUT2D eigenvalue weighted by Crippen LogP contribution is -2.26. The summed E-state index contributed by atoms with van der Waals surface area (Å²) >= 11 is 6.97. The van der Waals surface area contributed by atoms with E-state index in [1.54, 1.807) is 13.0 Å². The predicted octanol–water partition coefficient (Wildman–Crippen LogP) is 5.22. The van der Waals surface area contributed by atoms with Crippen LogP contribution in [0.2, 0.25) is 0 Å². The summed E-state index contributed by atoms with van der Waals surface area (Å²) in [7, 11) is 0. The van der Waals surface area contributed by atoms with Crippen molar-refractivity contribution in [2.24, 2.45) is 4.99 Å². The fourth-order valence-corrected chi connectivity index (χ4v) is 4.14. The Bertz CT molecular complexity index is 999. The smallest absolute Gasteiger partial charge is 0.407 e. The van der Waals surface area contributed by atoms with Crippen LogP contribution in [0.3, 0.4) is 0 Å². The van der Waals surface area contributed by atoms with Crippen molar-refractivity contribution in [3.8, 4) is 5.75 Å². The highest BCUT2D eigenvalue weighted by Crippen LogP contribution is 2.35. The van der Waals surface area contributed by atoms with Gasteiger partial charge < -0.3 is 19.5 Å². The molecule has 1 heterocycles. The lowest BCUT2D eigenvalue weighted by Gasteiger charge is -2.12. The van der Waals surface area contributed by atoms with E-state index < -0.39 is 12.1 Å². The van der Waals surface area contributed by atoms with Gasteiger partial charge in [-0.15, -0.1) is 0 Å². The van der Waals surface area contributed by atoms with Gasteiger partial charge in [-0.05, 0) is 67.6 Å². The van der Waals surface area contributed by atoms with Crippen molar-refractivity contribution < 1.29 is 23.8 Å². The Hall–Kier alpha value is -2.65. The molecule has 0 fully saturated rings. The van der Waals surface area contributed by atoms with Crippen molar-refractivity contribution in [1.29, 1.82) is 0 Å². The van der Waals surface area contributed by atoms with E-state index >= 15 is 0 Å². The van der Waals surface area contributed by atoms with Crippen LogP contribution in [0.4, 0.5) is 4.79 Å². The number of nitrogens with one attached hydrogen (secondary N) is 1. The van der Waals surface area contributed by atoms with Gasteiger partial charge in [-0.25, -0.2) is 14.6 Å². The van der Waals surface area contributed by atoms with Crippen molar-refractivity contribution in [2.45, 2.75) is 20.0 Å². The molecule has 1 amide bonds. The zero-order valence-corrected chi connectivity index (χ0v) is 19.9. The van der Waals surface area contributed by atoms with Crippen molar-refractivity contribution in [2.75, 3.05) is 13.2 Å². The molecule has 0 spiro atoms. The van der Waals surface area contributed by atoms with Gasteiger partial charge in [0.25, 0.3) is 0 Å². The van der Waals surface area contributed by atoms with Crippen molar-refractivity contribution in [1.82, 2.24) is 5.32 Å². The van der Waals surface area contributed by atoms with E-state index in [1.165, 1.54) is 0 Å². The molecular weight excluding hydrogens is 532 g/mol. The monoisotopic (exact) mass is 550 g/mol. The number of benzene rings is 2. The molecular formula is C22H20Br2N2O5. The first-order chi connectivity index (χ1) is 14.9. The summed E-state index contributed by atoms with van der Waals surface area (Å²) < 4.78 is 17.3. The Kier molecular flexibility index (Phi) is 8.25. The number of amides is 1. The molecule has 0 saturated heterocycles. The number of ether oxygens (including phenoxy) is 3. The minimum Gasteiger partial charge on any atom is -0.491 e. The summed E-state index contributed by atoms with van der Waals surface area (Å²) in [6, 6.07) is 13.1. The number of hydrogen-bond donors (Lipinski definition) is 1. The molecule has 0 saturated carbocycles. The molecule has 0 radical (unpaired) electrons.